The summed E-state index contributed by atoms with van der Waals surface area (Å²) in [7, 11) is 1.58. The smallest absolute Gasteiger partial charge is 0.248 e. The van der Waals surface area contributed by atoms with Crippen molar-refractivity contribution in [1.29, 1.82) is 0 Å². The van der Waals surface area contributed by atoms with E-state index in [0.29, 0.717) is 29.3 Å². The van der Waals surface area contributed by atoms with E-state index < -0.39 is 23.3 Å². The lowest BCUT2D eigenvalue weighted by Gasteiger charge is -2.19. The summed E-state index contributed by atoms with van der Waals surface area (Å²) in [5, 5.41) is 5.38. The van der Waals surface area contributed by atoms with Crippen LogP contribution in [0, 0.1) is 5.95 Å². The number of nitrogens with zero attached hydrogens (tertiary/aromatic N) is 2. The lowest BCUT2D eigenvalue weighted by Crippen LogP contribution is -2.45. The highest BCUT2D eigenvalue weighted by atomic mass is 32.2. The molecule has 0 radical (unpaired) electrons. The van der Waals surface area contributed by atoms with E-state index in [2.05, 4.69) is 20.6 Å². The van der Waals surface area contributed by atoms with Gasteiger partial charge in [-0.3, -0.25) is 9.59 Å². The number of amidine groups is 1. The Balaban J connectivity index is 1.67. The maximum Gasteiger partial charge on any atom is 0.248 e. The maximum atomic E-state index is 13.2. The Hall–Kier alpha value is -2.88. The first-order valence-electron chi connectivity index (χ1n) is 8.13. The third-order valence-electron chi connectivity index (χ3n) is 3.99. The van der Waals surface area contributed by atoms with E-state index in [1.54, 1.807) is 25.3 Å². The number of rotatable bonds is 5. The summed E-state index contributed by atoms with van der Waals surface area (Å²) >= 11 is 1.14. The Bertz CT molecular complexity index is 855. The number of nitrogens with one attached hydrogen (secondary N) is 2. The lowest BCUT2D eigenvalue weighted by molar-refractivity contribution is -0.120. The van der Waals surface area contributed by atoms with Gasteiger partial charge in [0.15, 0.2) is 11.2 Å². The molecule has 3 rings (SSSR count). The predicted octanol–water partition coefficient (Wildman–Crippen LogP) is 1.28. The molecule has 2 atom stereocenters. The van der Waals surface area contributed by atoms with E-state index in [9.17, 15) is 14.0 Å². The minimum absolute atomic E-state index is 0.295. The summed E-state index contributed by atoms with van der Waals surface area (Å²) in [6, 6.07) is 1.83. The molecule has 1 aromatic rings. The third kappa shape index (κ3) is 4.64. The molecule has 0 spiro atoms. The van der Waals surface area contributed by atoms with Crippen molar-refractivity contribution in [2.75, 3.05) is 12.4 Å². The number of hydrogen-bond acceptors (Lipinski definition) is 7. The van der Waals surface area contributed by atoms with Gasteiger partial charge in [0, 0.05) is 29.9 Å². The molecule has 4 N–H and O–H groups in total. The van der Waals surface area contributed by atoms with Crippen LogP contribution >= 0.6 is 11.8 Å². The van der Waals surface area contributed by atoms with E-state index in [1.165, 1.54) is 12.3 Å². The third-order valence-corrected chi connectivity index (χ3v) is 5.05. The topological polar surface area (TPSA) is 119 Å². The quantitative estimate of drug-likeness (QED) is 0.651. The average Bonchev–Trinajstić information content (AvgIpc) is 3.04. The number of carbonyl (C=O) groups is 2. The number of pyridine rings is 1. The molecule has 0 bridgehead atoms. The zero-order valence-corrected chi connectivity index (χ0v) is 15.3. The van der Waals surface area contributed by atoms with Crippen molar-refractivity contribution in [1.82, 2.24) is 10.3 Å². The normalized spacial score (nSPS) is 21.6. The second kappa shape index (κ2) is 8.21. The second-order valence-electron chi connectivity index (χ2n) is 5.81. The molecule has 2 unspecified atom stereocenters. The number of nitrogens with two attached hydrogens (primary N) is 1. The number of hydrogen-bond donors (Lipinski definition) is 3. The van der Waals surface area contributed by atoms with Gasteiger partial charge < -0.3 is 21.1 Å². The van der Waals surface area contributed by atoms with Crippen molar-refractivity contribution in [3.05, 3.63) is 47.8 Å². The number of allylic oxidation sites excluding steroid dienone is 3. The van der Waals surface area contributed by atoms with Crippen molar-refractivity contribution in [2.24, 2.45) is 10.7 Å². The van der Waals surface area contributed by atoms with E-state index >= 15 is 0 Å². The number of thioether (sulfide) groups is 1. The molecular formula is C17H18FN5O3S. The molecule has 2 aliphatic rings. The molecule has 2 amide bonds. The van der Waals surface area contributed by atoms with Gasteiger partial charge in [-0.1, -0.05) is 17.8 Å². The van der Waals surface area contributed by atoms with E-state index in [-0.39, 0.29) is 5.91 Å². The molecule has 0 saturated carbocycles. The summed E-state index contributed by atoms with van der Waals surface area (Å²) in [5.74, 6) is -0.801. The standard InChI is InChI=1S/C17H18FN5O3S/c1-26-11-4-2-9(3-5-11)15(25)23-16-13(14(19)24)22-17(27-16)21-10-6-7-20-12(18)8-10/h2,4,6-8,13,16H,3,5H2,1H3,(H2,19,24)(H,23,25)(H,20,21,22). The van der Waals surface area contributed by atoms with Gasteiger partial charge in [-0.25, -0.2) is 9.98 Å². The first kappa shape index (κ1) is 18.9. The second-order valence-corrected chi connectivity index (χ2v) is 6.94. The summed E-state index contributed by atoms with van der Waals surface area (Å²) in [4.78, 5) is 31.9. The Morgan fingerprint density at radius 2 is 2.19 bits per heavy atom. The number of aliphatic imine (C=N–C) groups is 1. The maximum absolute atomic E-state index is 13.2. The van der Waals surface area contributed by atoms with Gasteiger partial charge in [0.25, 0.3) is 0 Å². The van der Waals surface area contributed by atoms with Crippen molar-refractivity contribution >= 4 is 34.4 Å². The van der Waals surface area contributed by atoms with Gasteiger partial charge >= 0.3 is 0 Å². The van der Waals surface area contributed by atoms with Gasteiger partial charge in [0.05, 0.1) is 12.9 Å². The fourth-order valence-electron chi connectivity index (χ4n) is 2.60. The van der Waals surface area contributed by atoms with Crippen LogP contribution < -0.4 is 16.4 Å². The molecule has 0 fully saturated rings. The van der Waals surface area contributed by atoms with Crippen molar-refractivity contribution in [3.63, 3.8) is 0 Å². The predicted molar refractivity (Wildman–Crippen MR) is 100 cm³/mol. The molecular weight excluding hydrogens is 373 g/mol. The Labute approximate surface area is 159 Å². The monoisotopic (exact) mass is 391 g/mol. The highest BCUT2D eigenvalue weighted by Gasteiger charge is 2.36. The van der Waals surface area contributed by atoms with Gasteiger partial charge in [0.1, 0.15) is 5.37 Å². The number of halogens is 1. The van der Waals surface area contributed by atoms with E-state index in [1.807, 2.05) is 0 Å². The van der Waals surface area contributed by atoms with Gasteiger partial charge in [0.2, 0.25) is 17.8 Å². The summed E-state index contributed by atoms with van der Waals surface area (Å²) in [6.07, 6.45) is 5.90. The van der Waals surface area contributed by atoms with Crippen LogP contribution in [0.3, 0.4) is 0 Å². The SMILES string of the molecule is COC1=CC=C(C(=O)NC2SC(Nc3ccnc(F)c3)=NC2C(N)=O)CC1. The molecule has 0 aromatic carbocycles. The van der Waals surface area contributed by atoms with Gasteiger partial charge in [-0.15, -0.1) is 0 Å². The number of carbonyl (C=O) groups excluding carboxylic acids is 2. The first-order chi connectivity index (χ1) is 13.0. The van der Waals surface area contributed by atoms with Crippen molar-refractivity contribution in [2.45, 2.75) is 24.3 Å². The highest BCUT2D eigenvalue weighted by Crippen LogP contribution is 2.27. The zero-order chi connectivity index (χ0) is 19.4. The number of anilines is 1. The van der Waals surface area contributed by atoms with Crippen molar-refractivity contribution in [3.8, 4) is 0 Å². The van der Waals surface area contributed by atoms with Crippen LogP contribution in [0.2, 0.25) is 0 Å². The number of methoxy groups -OCH3 is 1. The lowest BCUT2D eigenvalue weighted by atomic mass is 10.0. The van der Waals surface area contributed by atoms with E-state index in [4.69, 9.17) is 10.5 Å². The van der Waals surface area contributed by atoms with E-state index in [0.717, 1.165) is 17.5 Å². The Morgan fingerprint density at radius 3 is 2.81 bits per heavy atom. The molecule has 1 aliphatic carbocycles. The molecule has 142 valence electrons. The molecule has 8 nitrogen and oxygen atoms in total. The number of ether oxygens (including phenoxy) is 1. The average molecular weight is 391 g/mol. The molecule has 0 saturated heterocycles. The summed E-state index contributed by atoms with van der Waals surface area (Å²) < 4.78 is 18.3. The van der Waals surface area contributed by atoms with Crippen LogP contribution in [0.25, 0.3) is 0 Å². The molecule has 1 aromatic heterocycles. The highest BCUT2D eigenvalue weighted by molar-refractivity contribution is 8.15. The van der Waals surface area contributed by atoms with Gasteiger partial charge in [-0.2, -0.15) is 4.39 Å². The Morgan fingerprint density at radius 1 is 1.37 bits per heavy atom. The fourth-order valence-corrected chi connectivity index (χ4v) is 3.68. The molecule has 1 aliphatic heterocycles. The summed E-state index contributed by atoms with van der Waals surface area (Å²) in [5.41, 5.74) is 6.42. The molecule has 27 heavy (non-hydrogen) atoms. The van der Waals surface area contributed by atoms with Crippen LogP contribution in [0.1, 0.15) is 12.8 Å². The first-order valence-corrected chi connectivity index (χ1v) is 9.01. The number of amides is 2. The minimum atomic E-state index is -0.928. The zero-order valence-electron chi connectivity index (χ0n) is 14.4. The van der Waals surface area contributed by atoms with Crippen LogP contribution in [0.5, 0.6) is 0 Å². The van der Waals surface area contributed by atoms with Gasteiger partial charge in [-0.05, 0) is 18.6 Å². The number of aromatic nitrogens is 1. The van der Waals surface area contributed by atoms with Crippen LogP contribution in [0.15, 0.2) is 46.8 Å². The number of primary amides is 1. The van der Waals surface area contributed by atoms with Crippen molar-refractivity contribution < 1.29 is 18.7 Å². The molecule has 10 heteroatoms. The van der Waals surface area contributed by atoms with Crippen LogP contribution in [-0.2, 0) is 14.3 Å². The summed E-state index contributed by atoms with van der Waals surface area (Å²) in [6.45, 7) is 0. The minimum Gasteiger partial charge on any atom is -0.501 e. The molecule has 2 heterocycles. The largest absolute Gasteiger partial charge is 0.501 e. The fraction of sp³-hybridized carbons (Fsp3) is 0.294. The Kier molecular flexibility index (Phi) is 5.75. The van der Waals surface area contributed by atoms with Crippen LogP contribution in [0.4, 0.5) is 10.1 Å². The van der Waals surface area contributed by atoms with Crippen LogP contribution in [-0.4, -0.2) is 40.5 Å².